The molecule has 0 saturated carbocycles. The maximum atomic E-state index is 12.1. The van der Waals surface area contributed by atoms with Gasteiger partial charge in [-0.2, -0.15) is 0 Å². The summed E-state index contributed by atoms with van der Waals surface area (Å²) in [5.74, 6) is -0.782. The third-order valence-electron chi connectivity index (χ3n) is 2.99. The highest BCUT2D eigenvalue weighted by molar-refractivity contribution is 6.05. The number of nitrogens with one attached hydrogen (secondary N) is 2. The van der Waals surface area contributed by atoms with E-state index in [1.807, 2.05) is 31.2 Å². The molecule has 2 N–H and O–H groups in total. The molecule has 0 aliphatic rings. The van der Waals surface area contributed by atoms with Crippen molar-refractivity contribution in [3.05, 3.63) is 64.1 Å². The van der Waals surface area contributed by atoms with E-state index in [0.29, 0.717) is 16.7 Å². The lowest BCUT2D eigenvalue weighted by atomic mass is 10.2. The summed E-state index contributed by atoms with van der Waals surface area (Å²) in [6.07, 6.45) is 0. The van der Waals surface area contributed by atoms with Crippen molar-refractivity contribution in [1.82, 2.24) is 4.98 Å². The van der Waals surface area contributed by atoms with E-state index in [-0.39, 0.29) is 5.91 Å². The van der Waals surface area contributed by atoms with Crippen LogP contribution in [0, 0.1) is 6.92 Å². The summed E-state index contributed by atoms with van der Waals surface area (Å²) in [7, 11) is 0. The van der Waals surface area contributed by atoms with E-state index in [9.17, 15) is 9.59 Å². The Balaban J connectivity index is 1.88. The van der Waals surface area contributed by atoms with Gasteiger partial charge in [0.05, 0.1) is 5.52 Å². The lowest BCUT2D eigenvalue weighted by Crippen LogP contribution is -2.11. The number of benzene rings is 2. The first-order chi connectivity index (χ1) is 9.61. The number of amides is 1. The molecule has 3 aromatic rings. The molecule has 0 radical (unpaired) electrons. The van der Waals surface area contributed by atoms with Gasteiger partial charge in [0.1, 0.15) is 0 Å². The molecule has 0 aliphatic heterocycles. The molecule has 1 heterocycles. The van der Waals surface area contributed by atoms with Gasteiger partial charge in [0.15, 0.2) is 5.58 Å². The van der Waals surface area contributed by atoms with Crippen LogP contribution in [0.2, 0.25) is 0 Å². The van der Waals surface area contributed by atoms with Crippen LogP contribution in [-0.4, -0.2) is 10.9 Å². The second-order valence-corrected chi connectivity index (χ2v) is 4.55. The van der Waals surface area contributed by atoms with Crippen LogP contribution in [0.25, 0.3) is 11.1 Å². The molecular formula is C15H12N2O3. The van der Waals surface area contributed by atoms with Crippen molar-refractivity contribution in [2.24, 2.45) is 0 Å². The summed E-state index contributed by atoms with van der Waals surface area (Å²) in [6, 6.07) is 12.3. The van der Waals surface area contributed by atoms with Crippen LogP contribution in [-0.2, 0) is 0 Å². The van der Waals surface area contributed by atoms with Gasteiger partial charge in [0.2, 0.25) is 0 Å². The first-order valence-corrected chi connectivity index (χ1v) is 6.13. The Hall–Kier alpha value is -2.82. The van der Waals surface area contributed by atoms with Crippen LogP contribution >= 0.6 is 0 Å². The fraction of sp³-hybridized carbons (Fsp3) is 0.0667. The van der Waals surface area contributed by atoms with Crippen molar-refractivity contribution in [3.63, 3.8) is 0 Å². The van der Waals surface area contributed by atoms with Crippen LogP contribution < -0.4 is 11.1 Å². The minimum Gasteiger partial charge on any atom is -0.408 e. The quantitative estimate of drug-likeness (QED) is 0.750. The number of fused-ring (bicyclic) bond motifs is 1. The van der Waals surface area contributed by atoms with E-state index in [1.54, 1.807) is 12.1 Å². The summed E-state index contributed by atoms with van der Waals surface area (Å²) >= 11 is 0. The number of anilines is 1. The Morgan fingerprint density at radius 3 is 2.65 bits per heavy atom. The molecule has 1 amide bonds. The van der Waals surface area contributed by atoms with E-state index < -0.39 is 5.76 Å². The minimum atomic E-state index is -0.531. The zero-order valence-corrected chi connectivity index (χ0v) is 10.8. The first-order valence-electron chi connectivity index (χ1n) is 6.13. The third-order valence-corrected chi connectivity index (χ3v) is 2.99. The highest BCUT2D eigenvalue weighted by Crippen LogP contribution is 2.15. The van der Waals surface area contributed by atoms with E-state index in [2.05, 4.69) is 10.3 Å². The molecular weight excluding hydrogens is 256 g/mol. The lowest BCUT2D eigenvalue weighted by molar-refractivity contribution is 0.102. The Bertz CT molecular complexity index is 828. The highest BCUT2D eigenvalue weighted by Gasteiger charge is 2.09. The highest BCUT2D eigenvalue weighted by atomic mass is 16.4. The number of hydrogen-bond donors (Lipinski definition) is 2. The van der Waals surface area contributed by atoms with Crippen LogP contribution in [0.5, 0.6) is 0 Å². The first kappa shape index (κ1) is 12.2. The van der Waals surface area contributed by atoms with Gasteiger partial charge in [-0.3, -0.25) is 9.78 Å². The molecule has 20 heavy (non-hydrogen) atoms. The average Bonchev–Trinajstić information content (AvgIpc) is 2.80. The molecule has 100 valence electrons. The number of aromatic nitrogens is 1. The molecule has 0 unspecified atom stereocenters. The topological polar surface area (TPSA) is 75.1 Å². The maximum Gasteiger partial charge on any atom is 0.417 e. The zero-order chi connectivity index (χ0) is 14.1. The molecule has 0 bridgehead atoms. The zero-order valence-electron chi connectivity index (χ0n) is 10.8. The number of hydrogen-bond acceptors (Lipinski definition) is 3. The van der Waals surface area contributed by atoms with Crippen LogP contribution in [0.4, 0.5) is 5.69 Å². The summed E-state index contributed by atoms with van der Waals surface area (Å²) in [6.45, 7) is 1.98. The van der Waals surface area contributed by atoms with Crippen LogP contribution in [0.3, 0.4) is 0 Å². The summed E-state index contributed by atoms with van der Waals surface area (Å²) < 4.78 is 4.93. The molecule has 5 nitrogen and oxygen atoms in total. The molecule has 3 rings (SSSR count). The van der Waals surface area contributed by atoms with Crippen LogP contribution in [0.15, 0.2) is 51.7 Å². The number of aromatic amines is 1. The van der Waals surface area contributed by atoms with Gasteiger partial charge in [-0.05, 0) is 37.3 Å². The van der Waals surface area contributed by atoms with Crippen molar-refractivity contribution >= 4 is 22.7 Å². The maximum absolute atomic E-state index is 12.1. The predicted molar refractivity (Wildman–Crippen MR) is 76.0 cm³/mol. The molecule has 0 fully saturated rings. The fourth-order valence-corrected chi connectivity index (χ4v) is 1.93. The summed E-state index contributed by atoms with van der Waals surface area (Å²) in [4.78, 5) is 25.7. The molecule has 1 aromatic heterocycles. The largest absolute Gasteiger partial charge is 0.417 e. The van der Waals surface area contributed by atoms with E-state index in [4.69, 9.17) is 4.42 Å². The number of carbonyl (C=O) groups excluding carboxylic acids is 1. The minimum absolute atomic E-state index is 0.250. The van der Waals surface area contributed by atoms with Gasteiger partial charge in [-0.25, -0.2) is 4.79 Å². The van der Waals surface area contributed by atoms with Gasteiger partial charge in [0.25, 0.3) is 5.91 Å². The number of H-pyrrole nitrogens is 1. The second-order valence-electron chi connectivity index (χ2n) is 4.55. The monoisotopic (exact) mass is 268 g/mol. The Morgan fingerprint density at radius 2 is 1.90 bits per heavy atom. The average molecular weight is 268 g/mol. The summed E-state index contributed by atoms with van der Waals surface area (Å²) in [5.41, 5.74) is 3.21. The Morgan fingerprint density at radius 1 is 1.15 bits per heavy atom. The third kappa shape index (κ3) is 2.33. The van der Waals surface area contributed by atoms with E-state index in [0.717, 1.165) is 11.3 Å². The number of oxazole rings is 1. The summed E-state index contributed by atoms with van der Waals surface area (Å²) in [5, 5.41) is 2.79. The number of aryl methyl sites for hydroxylation is 1. The van der Waals surface area contributed by atoms with E-state index in [1.165, 1.54) is 6.07 Å². The molecule has 0 atom stereocenters. The van der Waals surface area contributed by atoms with Crippen molar-refractivity contribution in [3.8, 4) is 0 Å². The molecule has 0 saturated heterocycles. The van der Waals surface area contributed by atoms with Crippen molar-refractivity contribution in [1.29, 1.82) is 0 Å². The standard InChI is InChI=1S/C15H12N2O3/c1-9-2-5-11(6-3-9)16-14(18)10-4-7-12-13(8-10)20-15(19)17-12/h2-8H,1H3,(H,16,18)(H,17,19). The van der Waals surface area contributed by atoms with E-state index >= 15 is 0 Å². The molecule has 2 aromatic carbocycles. The van der Waals surface area contributed by atoms with Crippen molar-refractivity contribution in [2.45, 2.75) is 6.92 Å². The van der Waals surface area contributed by atoms with Gasteiger partial charge in [0, 0.05) is 11.3 Å². The molecule has 0 aliphatic carbocycles. The Labute approximate surface area is 114 Å². The van der Waals surface area contributed by atoms with Gasteiger partial charge >= 0.3 is 5.76 Å². The normalized spacial score (nSPS) is 10.7. The second kappa shape index (κ2) is 4.70. The van der Waals surface area contributed by atoms with Gasteiger partial charge < -0.3 is 9.73 Å². The van der Waals surface area contributed by atoms with Crippen molar-refractivity contribution < 1.29 is 9.21 Å². The lowest BCUT2D eigenvalue weighted by Gasteiger charge is -2.05. The molecule has 5 heteroatoms. The SMILES string of the molecule is Cc1ccc(NC(=O)c2ccc3[nH]c(=O)oc3c2)cc1. The fourth-order valence-electron chi connectivity index (χ4n) is 1.93. The van der Waals surface area contributed by atoms with Crippen LogP contribution in [0.1, 0.15) is 15.9 Å². The Kier molecular flexibility index (Phi) is 2.87. The van der Waals surface area contributed by atoms with Gasteiger partial charge in [-0.15, -0.1) is 0 Å². The van der Waals surface area contributed by atoms with Gasteiger partial charge in [-0.1, -0.05) is 17.7 Å². The number of carbonyl (C=O) groups is 1. The van der Waals surface area contributed by atoms with Crippen molar-refractivity contribution in [2.75, 3.05) is 5.32 Å². The molecule has 0 spiro atoms. The number of rotatable bonds is 2. The smallest absolute Gasteiger partial charge is 0.408 e. The predicted octanol–water partition coefficient (Wildman–Crippen LogP) is 2.68.